The van der Waals surface area contributed by atoms with Crippen molar-refractivity contribution in [3.8, 4) is 16.9 Å². The molecule has 0 saturated carbocycles. The van der Waals surface area contributed by atoms with E-state index in [1.807, 2.05) is 35.0 Å². The third kappa shape index (κ3) is 2.52. The average Bonchev–Trinajstić information content (AvgIpc) is 3.33. The molecule has 1 N–H and O–H groups in total. The van der Waals surface area contributed by atoms with E-state index in [0.717, 1.165) is 33.4 Å². The topological polar surface area (TPSA) is 55.9 Å². The summed E-state index contributed by atoms with van der Waals surface area (Å²) in [6.07, 6.45) is 1.79. The molecule has 0 aliphatic heterocycles. The van der Waals surface area contributed by atoms with Gasteiger partial charge < -0.3 is 9.67 Å². The molecular weight excluding hydrogens is 336 g/mol. The number of para-hydroxylation sites is 1. The van der Waals surface area contributed by atoms with E-state index in [0.29, 0.717) is 6.54 Å². The number of aromatic nitrogens is 4. The molecule has 5 heteroatoms. The van der Waals surface area contributed by atoms with Crippen LogP contribution in [0.2, 0.25) is 0 Å². The van der Waals surface area contributed by atoms with Crippen LogP contribution < -0.4 is 0 Å². The van der Waals surface area contributed by atoms with E-state index in [-0.39, 0.29) is 6.61 Å². The van der Waals surface area contributed by atoms with Gasteiger partial charge in [0, 0.05) is 33.9 Å². The third-order valence-corrected chi connectivity index (χ3v) is 4.94. The van der Waals surface area contributed by atoms with Gasteiger partial charge in [0.05, 0.1) is 24.2 Å². The van der Waals surface area contributed by atoms with E-state index < -0.39 is 0 Å². The van der Waals surface area contributed by atoms with Crippen molar-refractivity contribution >= 4 is 21.8 Å². The minimum atomic E-state index is 0.108. The lowest BCUT2D eigenvalue weighted by molar-refractivity contribution is 0.280. The van der Waals surface area contributed by atoms with Gasteiger partial charge in [0.2, 0.25) is 0 Å². The van der Waals surface area contributed by atoms with Gasteiger partial charge in [0.1, 0.15) is 0 Å². The lowest BCUT2D eigenvalue weighted by Gasteiger charge is -2.08. The Morgan fingerprint density at radius 3 is 2.44 bits per heavy atom. The zero-order valence-corrected chi connectivity index (χ0v) is 14.7. The molecule has 132 valence electrons. The number of rotatable bonds is 4. The van der Waals surface area contributed by atoms with E-state index in [9.17, 15) is 5.11 Å². The van der Waals surface area contributed by atoms with E-state index in [1.54, 1.807) is 6.20 Å². The van der Waals surface area contributed by atoms with Crippen molar-refractivity contribution in [2.75, 3.05) is 6.61 Å². The van der Waals surface area contributed by atoms with Crippen LogP contribution in [-0.4, -0.2) is 31.3 Å². The summed E-state index contributed by atoms with van der Waals surface area (Å²) < 4.78 is 4.03. The molecule has 5 rings (SSSR count). The fourth-order valence-corrected chi connectivity index (χ4v) is 3.75. The molecule has 2 aromatic heterocycles. The summed E-state index contributed by atoms with van der Waals surface area (Å²) in [7, 11) is 0. The number of hydrogen-bond acceptors (Lipinski definition) is 3. The lowest BCUT2D eigenvalue weighted by Crippen LogP contribution is -2.02. The van der Waals surface area contributed by atoms with Crippen LogP contribution in [0.25, 0.3) is 38.8 Å². The van der Waals surface area contributed by atoms with Gasteiger partial charge in [-0.05, 0) is 24.3 Å². The smallest absolute Gasteiger partial charge is 0.0944 e. The van der Waals surface area contributed by atoms with Crippen molar-refractivity contribution in [2.45, 2.75) is 6.54 Å². The molecule has 0 aliphatic rings. The highest BCUT2D eigenvalue weighted by Gasteiger charge is 2.13. The second kappa shape index (κ2) is 6.37. The summed E-state index contributed by atoms with van der Waals surface area (Å²) in [4.78, 5) is 0. The lowest BCUT2D eigenvalue weighted by atomic mass is 10.1. The number of hydrogen-bond donors (Lipinski definition) is 1. The van der Waals surface area contributed by atoms with Crippen molar-refractivity contribution in [1.82, 2.24) is 19.6 Å². The molecule has 2 heterocycles. The summed E-state index contributed by atoms with van der Waals surface area (Å²) in [5, 5.41) is 20.2. The molecule has 0 aliphatic carbocycles. The first-order valence-corrected chi connectivity index (χ1v) is 8.95. The monoisotopic (exact) mass is 354 g/mol. The molecule has 3 aromatic carbocycles. The van der Waals surface area contributed by atoms with Crippen LogP contribution >= 0.6 is 0 Å². The van der Waals surface area contributed by atoms with Crippen molar-refractivity contribution in [2.24, 2.45) is 0 Å². The minimum Gasteiger partial charge on any atom is -0.395 e. The number of nitrogens with zero attached hydrogens (tertiary/aromatic N) is 4. The highest BCUT2D eigenvalue weighted by atomic mass is 16.3. The van der Waals surface area contributed by atoms with Gasteiger partial charge >= 0.3 is 0 Å². The molecule has 0 amide bonds. The number of aliphatic hydroxyl groups is 1. The Hall–Kier alpha value is -3.44. The molecule has 0 bridgehead atoms. The molecule has 0 radical (unpaired) electrons. The van der Waals surface area contributed by atoms with Crippen LogP contribution in [0.1, 0.15) is 0 Å². The molecule has 27 heavy (non-hydrogen) atoms. The summed E-state index contributed by atoms with van der Waals surface area (Å²) >= 11 is 0. The van der Waals surface area contributed by atoms with Crippen LogP contribution in [0.4, 0.5) is 0 Å². The maximum absolute atomic E-state index is 9.48. The molecule has 0 spiro atoms. The van der Waals surface area contributed by atoms with Crippen LogP contribution in [0.5, 0.6) is 0 Å². The summed E-state index contributed by atoms with van der Waals surface area (Å²) in [5.41, 5.74) is 5.22. The van der Waals surface area contributed by atoms with Gasteiger partial charge in [-0.25, -0.2) is 4.68 Å². The number of fused-ring (bicyclic) bond motifs is 3. The zero-order chi connectivity index (χ0) is 18.2. The Bertz CT molecular complexity index is 1240. The highest BCUT2D eigenvalue weighted by molar-refractivity contribution is 6.08. The Morgan fingerprint density at radius 2 is 1.59 bits per heavy atom. The van der Waals surface area contributed by atoms with E-state index in [2.05, 4.69) is 57.3 Å². The van der Waals surface area contributed by atoms with E-state index in [1.165, 1.54) is 5.39 Å². The predicted molar refractivity (Wildman–Crippen MR) is 107 cm³/mol. The summed E-state index contributed by atoms with van der Waals surface area (Å²) in [6.45, 7) is 0.679. The van der Waals surface area contributed by atoms with Crippen LogP contribution in [-0.2, 0) is 6.54 Å². The number of benzene rings is 3. The van der Waals surface area contributed by atoms with Gasteiger partial charge in [0.25, 0.3) is 0 Å². The van der Waals surface area contributed by atoms with Gasteiger partial charge in [-0.1, -0.05) is 53.7 Å². The Kier molecular flexibility index (Phi) is 3.73. The van der Waals surface area contributed by atoms with E-state index >= 15 is 0 Å². The molecular formula is C22H18N4O. The van der Waals surface area contributed by atoms with Gasteiger partial charge in [-0.15, -0.1) is 5.10 Å². The molecule has 0 atom stereocenters. The van der Waals surface area contributed by atoms with Crippen molar-refractivity contribution < 1.29 is 5.11 Å². The third-order valence-electron chi connectivity index (χ3n) is 4.94. The summed E-state index contributed by atoms with van der Waals surface area (Å²) in [5.74, 6) is 0. The highest BCUT2D eigenvalue weighted by Crippen LogP contribution is 2.31. The predicted octanol–water partition coefficient (Wildman–Crippen LogP) is 4.03. The molecule has 0 saturated heterocycles. The van der Waals surface area contributed by atoms with Gasteiger partial charge in [-0.3, -0.25) is 0 Å². The van der Waals surface area contributed by atoms with Gasteiger partial charge in [-0.2, -0.15) is 0 Å². The van der Waals surface area contributed by atoms with Gasteiger partial charge in [0.15, 0.2) is 0 Å². The Morgan fingerprint density at radius 1 is 0.815 bits per heavy atom. The first-order valence-electron chi connectivity index (χ1n) is 8.95. The van der Waals surface area contributed by atoms with Crippen molar-refractivity contribution in [3.05, 3.63) is 79.0 Å². The molecule has 5 nitrogen and oxygen atoms in total. The minimum absolute atomic E-state index is 0.108. The second-order valence-electron chi connectivity index (χ2n) is 6.49. The maximum atomic E-state index is 9.48. The van der Waals surface area contributed by atoms with Crippen LogP contribution in [0.3, 0.4) is 0 Å². The Balaban J connectivity index is 1.73. The SMILES string of the molecule is OCCn1c2ccccc2c2cc(-n3nncc3-c3ccccc3)ccc21. The molecule has 0 unspecified atom stereocenters. The summed E-state index contributed by atoms with van der Waals surface area (Å²) in [6, 6.07) is 24.7. The first-order chi connectivity index (χ1) is 13.4. The van der Waals surface area contributed by atoms with Crippen molar-refractivity contribution in [1.29, 1.82) is 0 Å². The zero-order valence-electron chi connectivity index (χ0n) is 14.7. The van der Waals surface area contributed by atoms with E-state index in [4.69, 9.17) is 0 Å². The Labute approximate surface area is 156 Å². The quantitative estimate of drug-likeness (QED) is 0.530. The largest absolute Gasteiger partial charge is 0.395 e. The number of aliphatic hydroxyl groups excluding tert-OH is 1. The maximum Gasteiger partial charge on any atom is 0.0944 e. The standard InChI is InChI=1S/C22H18N4O/c27-13-12-25-20-9-5-4-8-18(20)19-14-17(10-11-21(19)25)26-22(15-23-24-26)16-6-2-1-3-7-16/h1-11,14-15,27H,12-13H2. The average molecular weight is 354 g/mol. The second-order valence-corrected chi connectivity index (χ2v) is 6.49. The van der Waals surface area contributed by atoms with Crippen molar-refractivity contribution in [3.63, 3.8) is 0 Å². The molecule has 5 aromatic rings. The molecule has 0 fully saturated rings. The normalized spacial score (nSPS) is 11.4. The fourth-order valence-electron chi connectivity index (χ4n) is 3.75. The fraction of sp³-hybridized carbons (Fsp3) is 0.0909. The van der Waals surface area contributed by atoms with Crippen LogP contribution in [0, 0.1) is 0 Å². The van der Waals surface area contributed by atoms with Crippen LogP contribution in [0.15, 0.2) is 79.0 Å². The first kappa shape index (κ1) is 15.8.